The smallest absolute Gasteiger partial charge is 0.235 e. The molecule has 2 heterocycles. The highest BCUT2D eigenvalue weighted by Gasteiger charge is 2.32. The standard InChI is InChI=1S/C10H11N3O2/c1-6-4-7(11)5-12-10(6)13-8(14)2-3-9(13)15/h4-5H,2-3,11H2,1H3. The molecule has 0 radical (unpaired) electrons. The molecule has 1 aromatic rings. The van der Waals surface area contributed by atoms with Crippen LogP contribution in [0.25, 0.3) is 0 Å². The summed E-state index contributed by atoms with van der Waals surface area (Å²) in [5, 5.41) is 0. The second-order valence-electron chi connectivity index (χ2n) is 3.53. The molecule has 2 N–H and O–H groups in total. The molecule has 0 aromatic carbocycles. The minimum Gasteiger partial charge on any atom is -0.397 e. The summed E-state index contributed by atoms with van der Waals surface area (Å²) in [7, 11) is 0. The van der Waals surface area contributed by atoms with Crippen molar-refractivity contribution < 1.29 is 9.59 Å². The Morgan fingerprint density at radius 3 is 2.47 bits per heavy atom. The average molecular weight is 205 g/mol. The number of nitrogens with zero attached hydrogens (tertiary/aromatic N) is 2. The number of nitrogen functional groups attached to an aromatic ring is 1. The van der Waals surface area contributed by atoms with E-state index in [1.807, 2.05) is 0 Å². The molecule has 0 spiro atoms. The average Bonchev–Trinajstić information content (AvgIpc) is 2.48. The van der Waals surface area contributed by atoms with Crippen LogP contribution in [0.4, 0.5) is 11.5 Å². The van der Waals surface area contributed by atoms with Crippen molar-refractivity contribution in [3.8, 4) is 0 Å². The number of aromatic nitrogens is 1. The van der Waals surface area contributed by atoms with Crippen LogP contribution in [-0.4, -0.2) is 16.8 Å². The Balaban J connectivity index is 2.45. The highest BCUT2D eigenvalue weighted by Crippen LogP contribution is 2.24. The third kappa shape index (κ3) is 1.56. The van der Waals surface area contributed by atoms with Crippen LogP contribution < -0.4 is 10.6 Å². The fourth-order valence-corrected chi connectivity index (χ4v) is 1.64. The summed E-state index contributed by atoms with van der Waals surface area (Å²) in [6.07, 6.45) is 1.98. The zero-order valence-corrected chi connectivity index (χ0v) is 8.36. The molecule has 0 bridgehead atoms. The topological polar surface area (TPSA) is 76.3 Å². The molecule has 78 valence electrons. The van der Waals surface area contributed by atoms with E-state index >= 15 is 0 Å². The lowest BCUT2D eigenvalue weighted by Gasteiger charge is -2.14. The van der Waals surface area contributed by atoms with E-state index in [4.69, 9.17) is 5.73 Å². The zero-order chi connectivity index (χ0) is 11.0. The van der Waals surface area contributed by atoms with Gasteiger partial charge in [-0.3, -0.25) is 9.59 Å². The van der Waals surface area contributed by atoms with Crippen LogP contribution in [0.3, 0.4) is 0 Å². The molecule has 15 heavy (non-hydrogen) atoms. The van der Waals surface area contributed by atoms with Gasteiger partial charge in [-0.05, 0) is 18.6 Å². The molecular weight excluding hydrogens is 194 g/mol. The summed E-state index contributed by atoms with van der Waals surface area (Å²) >= 11 is 0. The van der Waals surface area contributed by atoms with Gasteiger partial charge in [-0.25, -0.2) is 9.88 Å². The minimum atomic E-state index is -0.194. The Morgan fingerprint density at radius 2 is 1.93 bits per heavy atom. The lowest BCUT2D eigenvalue weighted by atomic mass is 10.2. The number of hydrogen-bond donors (Lipinski definition) is 1. The van der Waals surface area contributed by atoms with Gasteiger partial charge in [-0.2, -0.15) is 0 Å². The maximum atomic E-state index is 11.5. The molecule has 5 heteroatoms. The number of pyridine rings is 1. The number of anilines is 2. The van der Waals surface area contributed by atoms with Gasteiger partial charge in [0.15, 0.2) is 0 Å². The van der Waals surface area contributed by atoms with Crippen molar-refractivity contribution in [2.45, 2.75) is 19.8 Å². The normalized spacial score (nSPS) is 16.2. The first-order valence-corrected chi connectivity index (χ1v) is 4.67. The first-order valence-electron chi connectivity index (χ1n) is 4.67. The SMILES string of the molecule is Cc1cc(N)cnc1N1C(=O)CCC1=O. The van der Waals surface area contributed by atoms with Gasteiger partial charge in [0.25, 0.3) is 0 Å². The van der Waals surface area contributed by atoms with E-state index in [2.05, 4.69) is 4.98 Å². The molecule has 0 saturated carbocycles. The Hall–Kier alpha value is -1.91. The molecule has 0 aliphatic carbocycles. The predicted octanol–water partition coefficient (Wildman–Crippen LogP) is 0.626. The van der Waals surface area contributed by atoms with Gasteiger partial charge < -0.3 is 5.73 Å². The first kappa shape index (κ1) is 9.64. The van der Waals surface area contributed by atoms with E-state index in [0.717, 1.165) is 10.5 Å². The Kier molecular flexibility index (Phi) is 2.15. The fourth-order valence-electron chi connectivity index (χ4n) is 1.64. The molecule has 2 rings (SSSR count). The summed E-state index contributed by atoms with van der Waals surface area (Å²) in [5.41, 5.74) is 6.80. The maximum Gasteiger partial charge on any atom is 0.235 e. The van der Waals surface area contributed by atoms with Crippen LogP contribution >= 0.6 is 0 Å². The molecule has 0 atom stereocenters. The Morgan fingerprint density at radius 1 is 1.33 bits per heavy atom. The van der Waals surface area contributed by atoms with Crippen LogP contribution in [0.2, 0.25) is 0 Å². The lowest BCUT2D eigenvalue weighted by molar-refractivity contribution is -0.121. The Bertz CT molecular complexity index is 426. The second-order valence-corrected chi connectivity index (χ2v) is 3.53. The summed E-state index contributed by atoms with van der Waals surface area (Å²) in [6.45, 7) is 1.78. The second kappa shape index (κ2) is 3.34. The third-order valence-corrected chi connectivity index (χ3v) is 2.34. The van der Waals surface area contributed by atoms with E-state index in [1.54, 1.807) is 13.0 Å². The van der Waals surface area contributed by atoms with Crippen LogP contribution in [0.1, 0.15) is 18.4 Å². The predicted molar refractivity (Wildman–Crippen MR) is 55.1 cm³/mol. The van der Waals surface area contributed by atoms with Crippen LogP contribution in [0.5, 0.6) is 0 Å². The minimum absolute atomic E-state index is 0.194. The van der Waals surface area contributed by atoms with Crippen molar-refractivity contribution in [3.63, 3.8) is 0 Å². The number of imide groups is 1. The van der Waals surface area contributed by atoms with Crippen LogP contribution in [0.15, 0.2) is 12.3 Å². The number of amides is 2. The molecular formula is C10H11N3O2. The van der Waals surface area contributed by atoms with Gasteiger partial charge in [-0.1, -0.05) is 0 Å². The van der Waals surface area contributed by atoms with Gasteiger partial charge in [0, 0.05) is 12.8 Å². The van der Waals surface area contributed by atoms with E-state index in [1.165, 1.54) is 6.20 Å². The highest BCUT2D eigenvalue weighted by molar-refractivity contribution is 6.19. The monoisotopic (exact) mass is 205 g/mol. The number of nitrogens with two attached hydrogens (primary N) is 1. The fraction of sp³-hybridized carbons (Fsp3) is 0.300. The third-order valence-electron chi connectivity index (χ3n) is 2.34. The number of aryl methyl sites for hydroxylation is 1. The molecule has 1 aliphatic heterocycles. The summed E-state index contributed by atoms with van der Waals surface area (Å²) in [4.78, 5) is 28.1. The molecule has 1 aromatic heterocycles. The van der Waals surface area contributed by atoms with Gasteiger partial charge in [0.2, 0.25) is 11.8 Å². The van der Waals surface area contributed by atoms with Crippen molar-refractivity contribution in [3.05, 3.63) is 17.8 Å². The number of carbonyl (C=O) groups excluding carboxylic acids is 2. The van der Waals surface area contributed by atoms with Crippen LogP contribution in [-0.2, 0) is 9.59 Å². The number of carbonyl (C=O) groups is 2. The summed E-state index contributed by atoms with van der Waals surface area (Å²) in [5.74, 6) is 0.0115. The van der Waals surface area contributed by atoms with Crippen molar-refractivity contribution in [2.24, 2.45) is 0 Å². The maximum absolute atomic E-state index is 11.5. The van der Waals surface area contributed by atoms with Crippen molar-refractivity contribution in [1.82, 2.24) is 4.98 Å². The first-order chi connectivity index (χ1) is 7.09. The summed E-state index contributed by atoms with van der Waals surface area (Å²) in [6, 6.07) is 1.70. The van der Waals surface area contributed by atoms with Crippen molar-refractivity contribution in [2.75, 3.05) is 10.6 Å². The lowest BCUT2D eigenvalue weighted by Crippen LogP contribution is -2.30. The van der Waals surface area contributed by atoms with E-state index < -0.39 is 0 Å². The molecule has 2 amide bonds. The van der Waals surface area contributed by atoms with Crippen molar-refractivity contribution in [1.29, 1.82) is 0 Å². The van der Waals surface area contributed by atoms with Gasteiger partial charge in [0.05, 0.1) is 11.9 Å². The number of hydrogen-bond acceptors (Lipinski definition) is 4. The van der Waals surface area contributed by atoms with E-state index in [-0.39, 0.29) is 24.7 Å². The van der Waals surface area contributed by atoms with Gasteiger partial charge >= 0.3 is 0 Å². The highest BCUT2D eigenvalue weighted by atomic mass is 16.2. The Labute approximate surface area is 86.9 Å². The van der Waals surface area contributed by atoms with Gasteiger partial charge in [-0.15, -0.1) is 0 Å². The zero-order valence-electron chi connectivity index (χ0n) is 8.36. The molecule has 5 nitrogen and oxygen atoms in total. The van der Waals surface area contributed by atoms with Crippen LogP contribution in [0, 0.1) is 6.92 Å². The molecule has 1 fully saturated rings. The quantitative estimate of drug-likeness (QED) is 0.682. The number of rotatable bonds is 1. The van der Waals surface area contributed by atoms with E-state index in [9.17, 15) is 9.59 Å². The largest absolute Gasteiger partial charge is 0.397 e. The molecule has 0 unspecified atom stereocenters. The van der Waals surface area contributed by atoms with Crippen molar-refractivity contribution >= 4 is 23.3 Å². The molecule has 1 aliphatic rings. The molecule has 1 saturated heterocycles. The van der Waals surface area contributed by atoms with E-state index in [0.29, 0.717) is 11.5 Å². The summed E-state index contributed by atoms with van der Waals surface area (Å²) < 4.78 is 0. The van der Waals surface area contributed by atoms with Gasteiger partial charge in [0.1, 0.15) is 5.82 Å².